The fourth-order valence-electron chi connectivity index (χ4n) is 1.82. The van der Waals surface area contributed by atoms with Gasteiger partial charge in [0.1, 0.15) is 0 Å². The number of carbonyl (C=O) groups excluding carboxylic acids is 1. The lowest BCUT2D eigenvalue weighted by Gasteiger charge is -2.15. The first-order valence-corrected chi connectivity index (χ1v) is 7.42. The molecular formula is C14H12ClF3N2OS. The van der Waals surface area contributed by atoms with Gasteiger partial charge in [0.15, 0.2) is 17.5 Å². The molecule has 0 saturated carbocycles. The van der Waals surface area contributed by atoms with Crippen LogP contribution in [0.1, 0.15) is 4.88 Å². The Morgan fingerprint density at radius 2 is 1.95 bits per heavy atom. The van der Waals surface area contributed by atoms with E-state index in [1.165, 1.54) is 11.3 Å². The standard InChI is InChI=1S/C14H12ClF3N2OS/c1-20(6-8-2-5-11(15)22-8)7-12(21)19-10-4-3-9(16)13(17)14(10)18/h2-5H,6-7H2,1H3,(H,19,21). The summed E-state index contributed by atoms with van der Waals surface area (Å²) in [5.74, 6) is -4.86. The molecule has 0 aliphatic heterocycles. The van der Waals surface area contributed by atoms with Crippen LogP contribution in [0.2, 0.25) is 4.34 Å². The number of thiophene rings is 1. The zero-order valence-electron chi connectivity index (χ0n) is 11.5. The normalized spacial score (nSPS) is 11.0. The van der Waals surface area contributed by atoms with Gasteiger partial charge in [0.25, 0.3) is 0 Å². The van der Waals surface area contributed by atoms with Gasteiger partial charge in [0.2, 0.25) is 5.91 Å². The first kappa shape index (κ1) is 16.8. The van der Waals surface area contributed by atoms with Crippen molar-refractivity contribution in [3.63, 3.8) is 0 Å². The van der Waals surface area contributed by atoms with E-state index in [2.05, 4.69) is 5.32 Å². The van der Waals surface area contributed by atoms with E-state index in [1.807, 2.05) is 6.07 Å². The number of hydrogen-bond acceptors (Lipinski definition) is 3. The van der Waals surface area contributed by atoms with Crippen LogP contribution >= 0.6 is 22.9 Å². The Labute approximate surface area is 134 Å². The van der Waals surface area contributed by atoms with Crippen molar-refractivity contribution in [2.24, 2.45) is 0 Å². The third-order valence-electron chi connectivity index (χ3n) is 2.78. The molecule has 0 fully saturated rings. The number of hydrogen-bond donors (Lipinski definition) is 1. The number of nitrogens with zero attached hydrogens (tertiary/aromatic N) is 1. The Bertz CT molecular complexity index is 693. The third-order valence-corrected chi connectivity index (χ3v) is 3.99. The summed E-state index contributed by atoms with van der Waals surface area (Å²) < 4.78 is 40.0. The highest BCUT2D eigenvalue weighted by molar-refractivity contribution is 7.16. The van der Waals surface area contributed by atoms with Crippen LogP contribution in [-0.2, 0) is 11.3 Å². The van der Waals surface area contributed by atoms with Crippen LogP contribution in [0.25, 0.3) is 0 Å². The highest BCUT2D eigenvalue weighted by Gasteiger charge is 2.16. The summed E-state index contributed by atoms with van der Waals surface area (Å²) in [4.78, 5) is 14.5. The van der Waals surface area contributed by atoms with Gasteiger partial charge < -0.3 is 5.32 Å². The molecule has 0 saturated heterocycles. The molecule has 22 heavy (non-hydrogen) atoms. The van der Waals surface area contributed by atoms with Crippen molar-refractivity contribution in [1.82, 2.24) is 4.90 Å². The van der Waals surface area contributed by atoms with Crippen molar-refractivity contribution in [2.45, 2.75) is 6.54 Å². The first-order chi connectivity index (χ1) is 10.4. The number of carbonyl (C=O) groups is 1. The van der Waals surface area contributed by atoms with Crippen molar-refractivity contribution in [3.8, 4) is 0 Å². The molecule has 118 valence electrons. The van der Waals surface area contributed by atoms with Crippen molar-refractivity contribution in [2.75, 3.05) is 18.9 Å². The van der Waals surface area contributed by atoms with Gasteiger partial charge >= 0.3 is 0 Å². The molecule has 1 heterocycles. The van der Waals surface area contributed by atoms with Gasteiger partial charge in [0, 0.05) is 11.4 Å². The number of nitrogens with one attached hydrogen (secondary N) is 1. The second-order valence-corrected chi connectivity index (χ2v) is 6.45. The average molecular weight is 349 g/mol. The molecule has 3 nitrogen and oxygen atoms in total. The van der Waals surface area contributed by atoms with Crippen molar-refractivity contribution in [1.29, 1.82) is 0 Å². The molecule has 0 spiro atoms. The Hall–Kier alpha value is -1.57. The third kappa shape index (κ3) is 4.22. The van der Waals surface area contributed by atoms with E-state index in [1.54, 1.807) is 18.0 Å². The quantitative estimate of drug-likeness (QED) is 0.831. The second kappa shape index (κ2) is 7.13. The topological polar surface area (TPSA) is 32.3 Å². The maximum atomic E-state index is 13.5. The van der Waals surface area contributed by atoms with E-state index >= 15 is 0 Å². The van der Waals surface area contributed by atoms with Gasteiger partial charge in [-0.2, -0.15) is 0 Å². The molecule has 1 amide bonds. The lowest BCUT2D eigenvalue weighted by atomic mass is 10.2. The molecule has 0 aliphatic rings. The largest absolute Gasteiger partial charge is 0.322 e. The van der Waals surface area contributed by atoms with Gasteiger partial charge in [-0.25, -0.2) is 13.2 Å². The molecule has 1 aromatic heterocycles. The maximum Gasteiger partial charge on any atom is 0.238 e. The summed E-state index contributed by atoms with van der Waals surface area (Å²) in [6, 6.07) is 5.33. The van der Waals surface area contributed by atoms with Crippen molar-refractivity contribution >= 4 is 34.5 Å². The van der Waals surface area contributed by atoms with E-state index in [9.17, 15) is 18.0 Å². The second-order valence-electron chi connectivity index (χ2n) is 4.65. The molecule has 2 aromatic rings. The summed E-state index contributed by atoms with van der Waals surface area (Å²) in [7, 11) is 1.70. The van der Waals surface area contributed by atoms with E-state index in [4.69, 9.17) is 11.6 Å². The van der Waals surface area contributed by atoms with Crippen molar-refractivity contribution < 1.29 is 18.0 Å². The molecule has 0 aliphatic carbocycles. The van der Waals surface area contributed by atoms with Crippen LogP contribution in [0.3, 0.4) is 0 Å². The SMILES string of the molecule is CN(CC(=O)Nc1ccc(F)c(F)c1F)Cc1ccc(Cl)s1. The van der Waals surface area contributed by atoms with Gasteiger partial charge in [-0.3, -0.25) is 9.69 Å². The zero-order chi connectivity index (χ0) is 16.3. The fourth-order valence-corrected chi connectivity index (χ4v) is 2.98. The molecule has 1 aromatic carbocycles. The smallest absolute Gasteiger partial charge is 0.238 e. The van der Waals surface area contributed by atoms with Crippen LogP contribution in [-0.4, -0.2) is 24.4 Å². The summed E-state index contributed by atoms with van der Waals surface area (Å²) in [6.07, 6.45) is 0. The summed E-state index contributed by atoms with van der Waals surface area (Å²) in [5, 5.41) is 2.22. The molecule has 0 radical (unpaired) electrons. The predicted molar refractivity (Wildman–Crippen MR) is 80.6 cm³/mol. The van der Waals surface area contributed by atoms with Gasteiger partial charge in [-0.15, -0.1) is 11.3 Å². The minimum absolute atomic E-state index is 0.0338. The molecule has 2 rings (SSSR count). The molecule has 0 atom stereocenters. The Morgan fingerprint density at radius 3 is 2.59 bits per heavy atom. The predicted octanol–water partition coefficient (Wildman–Crippen LogP) is 3.89. The minimum atomic E-state index is -1.61. The lowest BCUT2D eigenvalue weighted by molar-refractivity contribution is -0.117. The van der Waals surface area contributed by atoms with Crippen LogP contribution in [0.15, 0.2) is 24.3 Å². The molecule has 8 heteroatoms. The summed E-state index contributed by atoms with van der Waals surface area (Å²) in [5.41, 5.74) is -0.392. The number of rotatable bonds is 5. The van der Waals surface area contributed by atoms with Crippen LogP contribution in [0.5, 0.6) is 0 Å². The molecular weight excluding hydrogens is 337 g/mol. The summed E-state index contributed by atoms with van der Waals surface area (Å²) in [6.45, 7) is 0.457. The maximum absolute atomic E-state index is 13.5. The van der Waals surface area contributed by atoms with Gasteiger partial charge in [-0.1, -0.05) is 11.6 Å². The number of amides is 1. The van der Waals surface area contributed by atoms with E-state index in [0.717, 1.165) is 17.0 Å². The van der Waals surface area contributed by atoms with Gasteiger partial charge in [-0.05, 0) is 31.3 Å². The van der Waals surface area contributed by atoms with Crippen LogP contribution < -0.4 is 5.32 Å². The Kier molecular flexibility index (Phi) is 5.44. The summed E-state index contributed by atoms with van der Waals surface area (Å²) >= 11 is 7.21. The van der Waals surface area contributed by atoms with Gasteiger partial charge in [0.05, 0.1) is 16.6 Å². The number of halogens is 4. The highest BCUT2D eigenvalue weighted by atomic mass is 35.5. The van der Waals surface area contributed by atoms with E-state index in [-0.39, 0.29) is 6.54 Å². The number of likely N-dealkylation sites (N-methyl/N-ethyl adjacent to an activating group) is 1. The van der Waals surface area contributed by atoms with Crippen molar-refractivity contribution in [3.05, 3.63) is 50.9 Å². The number of anilines is 1. The van der Waals surface area contributed by atoms with Crippen LogP contribution in [0, 0.1) is 17.5 Å². The fraction of sp³-hybridized carbons (Fsp3) is 0.214. The molecule has 0 unspecified atom stereocenters. The molecule has 1 N–H and O–H groups in total. The highest BCUT2D eigenvalue weighted by Crippen LogP contribution is 2.22. The van der Waals surface area contributed by atoms with E-state index in [0.29, 0.717) is 10.9 Å². The number of benzene rings is 1. The Morgan fingerprint density at radius 1 is 1.23 bits per heavy atom. The average Bonchev–Trinajstić information content (AvgIpc) is 2.84. The van der Waals surface area contributed by atoms with E-state index < -0.39 is 29.0 Å². The first-order valence-electron chi connectivity index (χ1n) is 6.23. The molecule has 0 bridgehead atoms. The minimum Gasteiger partial charge on any atom is -0.322 e. The van der Waals surface area contributed by atoms with Crippen LogP contribution in [0.4, 0.5) is 18.9 Å². The monoisotopic (exact) mass is 348 g/mol. The zero-order valence-corrected chi connectivity index (χ0v) is 13.1. The lowest BCUT2D eigenvalue weighted by Crippen LogP contribution is -2.30. The Balaban J connectivity index is 1.94.